The third kappa shape index (κ3) is 2.80. The van der Waals surface area contributed by atoms with Gasteiger partial charge in [-0.2, -0.15) is 0 Å². The Morgan fingerprint density at radius 3 is 2.92 bits per heavy atom. The summed E-state index contributed by atoms with van der Waals surface area (Å²) in [6, 6.07) is 3.09. The molecule has 0 bridgehead atoms. The molecule has 0 spiro atoms. The summed E-state index contributed by atoms with van der Waals surface area (Å²) in [5.74, 6) is 1.28. The fraction of sp³-hybridized carbons (Fsp3) is 0.400. The summed E-state index contributed by atoms with van der Waals surface area (Å²) in [6.45, 7) is 0.188. The summed E-state index contributed by atoms with van der Waals surface area (Å²) in [7, 11) is 0. The summed E-state index contributed by atoms with van der Waals surface area (Å²) >= 11 is 0. The highest BCUT2D eigenvalue weighted by atomic mass is 16.6. The monoisotopic (exact) mass is 329 g/mol. The van der Waals surface area contributed by atoms with Crippen molar-refractivity contribution in [2.45, 2.75) is 38.1 Å². The van der Waals surface area contributed by atoms with Gasteiger partial charge in [0.25, 0.3) is 5.69 Å². The van der Waals surface area contributed by atoms with E-state index < -0.39 is 4.92 Å². The number of nitro benzene ring substituents is 1. The number of fused-ring (bicyclic) bond motifs is 1. The number of hydrogen-bond donors (Lipinski definition) is 2. The molecule has 1 fully saturated rings. The van der Waals surface area contributed by atoms with Crippen LogP contribution in [0.25, 0.3) is 0 Å². The summed E-state index contributed by atoms with van der Waals surface area (Å²) in [5, 5.41) is 24.9. The molecule has 0 radical (unpaired) electrons. The van der Waals surface area contributed by atoms with Crippen LogP contribution in [0.1, 0.15) is 42.5 Å². The second kappa shape index (κ2) is 5.59. The minimum Gasteiger partial charge on any atom is -0.423 e. The maximum absolute atomic E-state index is 11.5. The van der Waals surface area contributed by atoms with Gasteiger partial charge in [0.15, 0.2) is 0 Å². The molecule has 1 aromatic carbocycles. The van der Waals surface area contributed by atoms with Crippen LogP contribution < -0.4 is 10.6 Å². The van der Waals surface area contributed by atoms with Gasteiger partial charge in [0, 0.05) is 24.1 Å². The third-order valence-corrected chi connectivity index (χ3v) is 4.15. The highest BCUT2D eigenvalue weighted by molar-refractivity contribution is 5.95. The van der Waals surface area contributed by atoms with Crippen molar-refractivity contribution in [3.05, 3.63) is 39.6 Å². The quantitative estimate of drug-likeness (QED) is 0.637. The van der Waals surface area contributed by atoms with Crippen molar-refractivity contribution in [1.29, 1.82) is 0 Å². The lowest BCUT2D eigenvalue weighted by molar-refractivity contribution is -0.384. The average Bonchev–Trinajstić information content (AvgIpc) is 3.30. The molecule has 9 heteroatoms. The lowest BCUT2D eigenvalue weighted by Gasteiger charge is -2.18. The summed E-state index contributed by atoms with van der Waals surface area (Å²) in [4.78, 5) is 22.4. The largest absolute Gasteiger partial charge is 0.423 e. The molecule has 2 aliphatic rings. The highest BCUT2D eigenvalue weighted by Crippen LogP contribution is 2.39. The Labute approximate surface area is 136 Å². The SMILES string of the molecule is O=C1CCc2cc([N+](=O)[O-])c(NCc3nnc(C4CC4)o3)cc2N1. The zero-order valence-electron chi connectivity index (χ0n) is 12.7. The van der Waals surface area contributed by atoms with Crippen LogP contribution in [-0.2, 0) is 17.8 Å². The Bertz CT molecular complexity index is 827. The van der Waals surface area contributed by atoms with Crippen LogP contribution in [0.5, 0.6) is 0 Å². The van der Waals surface area contributed by atoms with Gasteiger partial charge < -0.3 is 15.1 Å². The molecule has 1 aliphatic carbocycles. The summed E-state index contributed by atoms with van der Waals surface area (Å²) in [5.41, 5.74) is 1.64. The third-order valence-electron chi connectivity index (χ3n) is 4.15. The molecule has 2 N–H and O–H groups in total. The highest BCUT2D eigenvalue weighted by Gasteiger charge is 2.29. The van der Waals surface area contributed by atoms with E-state index in [0.29, 0.717) is 41.9 Å². The number of carbonyl (C=O) groups excluding carboxylic acids is 1. The van der Waals surface area contributed by atoms with Crippen LogP contribution in [0.3, 0.4) is 0 Å². The van der Waals surface area contributed by atoms with E-state index in [4.69, 9.17) is 4.42 Å². The molecular formula is C15H15N5O4. The summed E-state index contributed by atoms with van der Waals surface area (Å²) in [6.07, 6.45) is 2.95. The first-order valence-corrected chi connectivity index (χ1v) is 7.77. The molecule has 1 aliphatic heterocycles. The Balaban J connectivity index is 1.56. The number of aromatic nitrogens is 2. The molecule has 0 saturated heterocycles. The molecular weight excluding hydrogens is 314 g/mol. The Morgan fingerprint density at radius 1 is 1.33 bits per heavy atom. The molecule has 4 rings (SSSR count). The molecule has 2 aromatic rings. The second-order valence-corrected chi connectivity index (χ2v) is 5.99. The van der Waals surface area contributed by atoms with Crippen LogP contribution in [0, 0.1) is 10.1 Å². The standard InChI is InChI=1S/C15H15N5O4/c21-13-4-3-9-5-12(20(22)23)11(6-10(9)17-13)16-7-14-18-19-15(24-14)8-1-2-8/h5-6,8,16H,1-4,7H2,(H,17,21). The smallest absolute Gasteiger partial charge is 0.292 e. The molecule has 2 heterocycles. The van der Waals surface area contributed by atoms with E-state index >= 15 is 0 Å². The van der Waals surface area contributed by atoms with Gasteiger partial charge in [0.1, 0.15) is 5.69 Å². The molecule has 124 valence electrons. The van der Waals surface area contributed by atoms with Gasteiger partial charge in [-0.1, -0.05) is 0 Å². The van der Waals surface area contributed by atoms with Gasteiger partial charge in [-0.05, 0) is 30.9 Å². The maximum atomic E-state index is 11.5. The fourth-order valence-electron chi connectivity index (χ4n) is 2.71. The first-order chi connectivity index (χ1) is 11.6. The molecule has 1 aromatic heterocycles. The Hall–Kier alpha value is -2.97. The van der Waals surface area contributed by atoms with Crippen LogP contribution in [-0.4, -0.2) is 21.0 Å². The van der Waals surface area contributed by atoms with Crippen molar-refractivity contribution in [3.8, 4) is 0 Å². The van der Waals surface area contributed by atoms with E-state index in [1.807, 2.05) is 0 Å². The van der Waals surface area contributed by atoms with E-state index in [-0.39, 0.29) is 18.1 Å². The molecule has 24 heavy (non-hydrogen) atoms. The predicted molar refractivity (Wildman–Crippen MR) is 83.6 cm³/mol. The lowest BCUT2D eigenvalue weighted by atomic mass is 10.0. The fourth-order valence-corrected chi connectivity index (χ4v) is 2.71. The number of benzene rings is 1. The van der Waals surface area contributed by atoms with Crippen LogP contribution >= 0.6 is 0 Å². The number of carbonyl (C=O) groups is 1. The molecule has 9 nitrogen and oxygen atoms in total. The first kappa shape index (κ1) is 14.6. The predicted octanol–water partition coefficient (Wildman–Crippen LogP) is 2.35. The zero-order valence-corrected chi connectivity index (χ0v) is 12.7. The van der Waals surface area contributed by atoms with Gasteiger partial charge in [0.2, 0.25) is 17.7 Å². The molecule has 0 atom stereocenters. The van der Waals surface area contributed by atoms with Crippen LogP contribution in [0.2, 0.25) is 0 Å². The minimum atomic E-state index is -0.442. The van der Waals surface area contributed by atoms with Gasteiger partial charge in [-0.3, -0.25) is 14.9 Å². The van der Waals surface area contributed by atoms with Crippen LogP contribution in [0.4, 0.5) is 17.1 Å². The Morgan fingerprint density at radius 2 is 2.17 bits per heavy atom. The number of anilines is 2. The van der Waals surface area contributed by atoms with Crippen molar-refractivity contribution in [3.63, 3.8) is 0 Å². The summed E-state index contributed by atoms with van der Waals surface area (Å²) < 4.78 is 5.54. The van der Waals surface area contributed by atoms with Crippen molar-refractivity contribution >= 4 is 23.0 Å². The normalized spacial score (nSPS) is 16.4. The number of nitrogens with zero attached hydrogens (tertiary/aromatic N) is 3. The van der Waals surface area contributed by atoms with Crippen LogP contribution in [0.15, 0.2) is 16.5 Å². The van der Waals surface area contributed by atoms with Gasteiger partial charge in [-0.25, -0.2) is 0 Å². The number of nitro groups is 1. The number of rotatable bonds is 5. The van der Waals surface area contributed by atoms with Crippen molar-refractivity contribution < 1.29 is 14.1 Å². The van der Waals surface area contributed by atoms with E-state index in [9.17, 15) is 14.9 Å². The molecule has 0 unspecified atom stereocenters. The number of aryl methyl sites for hydroxylation is 1. The zero-order chi connectivity index (χ0) is 16.7. The molecule has 1 amide bonds. The number of hydrogen-bond acceptors (Lipinski definition) is 7. The van der Waals surface area contributed by atoms with Gasteiger partial charge in [-0.15, -0.1) is 10.2 Å². The van der Waals surface area contributed by atoms with E-state index in [1.165, 1.54) is 6.07 Å². The first-order valence-electron chi connectivity index (χ1n) is 7.77. The Kier molecular flexibility index (Phi) is 3.40. The van der Waals surface area contributed by atoms with E-state index in [1.54, 1.807) is 6.07 Å². The second-order valence-electron chi connectivity index (χ2n) is 5.99. The minimum absolute atomic E-state index is 0.0353. The van der Waals surface area contributed by atoms with Crippen molar-refractivity contribution in [2.75, 3.05) is 10.6 Å². The van der Waals surface area contributed by atoms with Crippen molar-refractivity contribution in [1.82, 2.24) is 10.2 Å². The number of nitrogens with one attached hydrogen (secondary N) is 2. The van der Waals surface area contributed by atoms with Gasteiger partial charge >= 0.3 is 0 Å². The lowest BCUT2D eigenvalue weighted by Crippen LogP contribution is -2.19. The van der Waals surface area contributed by atoms with Gasteiger partial charge in [0.05, 0.1) is 11.5 Å². The molecule has 1 saturated carbocycles. The maximum Gasteiger partial charge on any atom is 0.292 e. The number of amides is 1. The van der Waals surface area contributed by atoms with Crippen molar-refractivity contribution in [2.24, 2.45) is 0 Å². The average molecular weight is 329 g/mol. The van der Waals surface area contributed by atoms with E-state index in [0.717, 1.165) is 18.4 Å². The topological polar surface area (TPSA) is 123 Å². The van der Waals surface area contributed by atoms with E-state index in [2.05, 4.69) is 20.8 Å².